The van der Waals surface area contributed by atoms with Gasteiger partial charge in [0.05, 0.1) is 6.61 Å². The first kappa shape index (κ1) is 19.8. The standard InChI is InChI=1S/C16H33NO2S/c1-7-11-17-16(6,15(18)19-8-2)10-9-12-20-14(5)13(3)4/h13-14,17H,7-12H2,1-6H3. The van der Waals surface area contributed by atoms with Crippen molar-refractivity contribution in [2.24, 2.45) is 5.92 Å². The summed E-state index contributed by atoms with van der Waals surface area (Å²) in [6, 6.07) is 0. The van der Waals surface area contributed by atoms with Gasteiger partial charge in [-0.1, -0.05) is 27.7 Å². The fourth-order valence-electron chi connectivity index (χ4n) is 1.84. The fraction of sp³-hybridized carbons (Fsp3) is 0.938. The van der Waals surface area contributed by atoms with Crippen LogP contribution >= 0.6 is 11.8 Å². The molecule has 3 nitrogen and oxygen atoms in total. The van der Waals surface area contributed by atoms with Crippen molar-refractivity contribution in [2.45, 2.75) is 71.6 Å². The molecule has 0 saturated heterocycles. The summed E-state index contributed by atoms with van der Waals surface area (Å²) in [6.45, 7) is 14.0. The molecule has 2 atom stereocenters. The molecule has 0 aromatic carbocycles. The molecule has 20 heavy (non-hydrogen) atoms. The third kappa shape index (κ3) is 7.53. The molecule has 120 valence electrons. The molecule has 0 aromatic heterocycles. The van der Waals surface area contributed by atoms with Gasteiger partial charge in [-0.2, -0.15) is 11.8 Å². The van der Waals surface area contributed by atoms with Gasteiger partial charge in [-0.05, 0) is 51.3 Å². The molecule has 0 fully saturated rings. The Hall–Kier alpha value is -0.220. The molecule has 0 aliphatic rings. The Balaban J connectivity index is 4.26. The summed E-state index contributed by atoms with van der Waals surface area (Å²) in [5, 5.41) is 4.03. The molecule has 0 heterocycles. The van der Waals surface area contributed by atoms with E-state index in [0.29, 0.717) is 17.8 Å². The first-order chi connectivity index (χ1) is 9.37. The van der Waals surface area contributed by atoms with E-state index in [1.807, 2.05) is 25.6 Å². The number of nitrogens with one attached hydrogen (secondary N) is 1. The number of hydrogen-bond acceptors (Lipinski definition) is 4. The van der Waals surface area contributed by atoms with Crippen molar-refractivity contribution in [1.82, 2.24) is 5.32 Å². The predicted octanol–water partition coefficient (Wildman–Crippen LogP) is 3.87. The summed E-state index contributed by atoms with van der Waals surface area (Å²) in [5.74, 6) is 1.69. The van der Waals surface area contributed by atoms with E-state index < -0.39 is 5.54 Å². The quantitative estimate of drug-likeness (QED) is 0.464. The maximum atomic E-state index is 12.1. The summed E-state index contributed by atoms with van der Waals surface area (Å²) in [4.78, 5) is 12.1. The molecular formula is C16H33NO2S. The van der Waals surface area contributed by atoms with Gasteiger partial charge in [0, 0.05) is 5.25 Å². The van der Waals surface area contributed by atoms with E-state index in [1.165, 1.54) is 0 Å². The minimum atomic E-state index is -0.534. The van der Waals surface area contributed by atoms with Crippen molar-refractivity contribution in [1.29, 1.82) is 0 Å². The zero-order chi connectivity index (χ0) is 15.6. The lowest BCUT2D eigenvalue weighted by molar-refractivity contribution is -0.150. The van der Waals surface area contributed by atoms with E-state index in [1.54, 1.807) is 0 Å². The van der Waals surface area contributed by atoms with Crippen LogP contribution in [0.5, 0.6) is 0 Å². The highest BCUT2D eigenvalue weighted by molar-refractivity contribution is 7.99. The number of esters is 1. The molecule has 2 unspecified atom stereocenters. The summed E-state index contributed by atoms with van der Waals surface area (Å²) in [6.07, 6.45) is 2.89. The molecular weight excluding hydrogens is 270 g/mol. The summed E-state index contributed by atoms with van der Waals surface area (Å²) < 4.78 is 5.21. The molecule has 0 amide bonds. The summed E-state index contributed by atoms with van der Waals surface area (Å²) in [7, 11) is 0. The topological polar surface area (TPSA) is 38.3 Å². The molecule has 0 aliphatic heterocycles. The molecule has 0 saturated carbocycles. The maximum absolute atomic E-state index is 12.1. The average Bonchev–Trinajstić information content (AvgIpc) is 2.41. The highest BCUT2D eigenvalue weighted by Gasteiger charge is 2.33. The fourth-order valence-corrected chi connectivity index (χ4v) is 2.91. The highest BCUT2D eigenvalue weighted by atomic mass is 32.2. The third-order valence-electron chi connectivity index (χ3n) is 3.63. The molecule has 0 rings (SSSR count). The van der Waals surface area contributed by atoms with Crippen molar-refractivity contribution in [3.05, 3.63) is 0 Å². The van der Waals surface area contributed by atoms with Crippen LogP contribution in [-0.2, 0) is 9.53 Å². The van der Waals surface area contributed by atoms with Gasteiger partial charge in [0.25, 0.3) is 0 Å². The largest absolute Gasteiger partial charge is 0.465 e. The Kier molecular flexibility index (Phi) is 10.4. The second-order valence-corrected chi connectivity index (χ2v) is 7.39. The highest BCUT2D eigenvalue weighted by Crippen LogP contribution is 2.22. The lowest BCUT2D eigenvalue weighted by Gasteiger charge is -2.28. The number of carbonyl (C=O) groups excluding carboxylic acids is 1. The smallest absolute Gasteiger partial charge is 0.326 e. The molecule has 1 N–H and O–H groups in total. The van der Waals surface area contributed by atoms with E-state index >= 15 is 0 Å². The number of carbonyl (C=O) groups is 1. The van der Waals surface area contributed by atoms with Crippen LogP contribution in [0.3, 0.4) is 0 Å². The molecule has 0 bridgehead atoms. The number of hydrogen-bond donors (Lipinski definition) is 1. The summed E-state index contributed by atoms with van der Waals surface area (Å²) >= 11 is 1.99. The first-order valence-electron chi connectivity index (χ1n) is 7.91. The van der Waals surface area contributed by atoms with Gasteiger partial charge in [0.15, 0.2) is 0 Å². The van der Waals surface area contributed by atoms with Crippen LogP contribution in [0.2, 0.25) is 0 Å². The van der Waals surface area contributed by atoms with Gasteiger partial charge in [-0.15, -0.1) is 0 Å². The first-order valence-corrected chi connectivity index (χ1v) is 8.96. The number of thioether (sulfide) groups is 1. The minimum Gasteiger partial charge on any atom is -0.465 e. The van der Waals surface area contributed by atoms with Crippen LogP contribution in [0.1, 0.15) is 60.8 Å². The Morgan fingerprint density at radius 1 is 1.30 bits per heavy atom. The minimum absolute atomic E-state index is 0.115. The van der Waals surface area contributed by atoms with Crippen LogP contribution < -0.4 is 5.32 Å². The van der Waals surface area contributed by atoms with E-state index in [-0.39, 0.29) is 5.97 Å². The van der Waals surface area contributed by atoms with Crippen molar-refractivity contribution in [3.63, 3.8) is 0 Å². The lowest BCUT2D eigenvalue weighted by atomic mass is 9.96. The van der Waals surface area contributed by atoms with Crippen molar-refractivity contribution >= 4 is 17.7 Å². The van der Waals surface area contributed by atoms with Gasteiger partial charge in [0.2, 0.25) is 0 Å². The Bertz CT molecular complexity index is 271. The zero-order valence-electron chi connectivity index (χ0n) is 14.1. The third-order valence-corrected chi connectivity index (χ3v) is 5.23. The Labute approximate surface area is 129 Å². The van der Waals surface area contributed by atoms with Crippen LogP contribution in [-0.4, -0.2) is 35.7 Å². The van der Waals surface area contributed by atoms with Crippen LogP contribution in [0.15, 0.2) is 0 Å². The maximum Gasteiger partial charge on any atom is 0.326 e. The van der Waals surface area contributed by atoms with E-state index in [0.717, 1.165) is 31.6 Å². The molecule has 0 spiro atoms. The van der Waals surface area contributed by atoms with Crippen LogP contribution in [0.25, 0.3) is 0 Å². The SMILES string of the molecule is CCCNC(C)(CCCSC(C)C(C)C)C(=O)OCC. The van der Waals surface area contributed by atoms with Crippen molar-refractivity contribution in [3.8, 4) is 0 Å². The average molecular weight is 304 g/mol. The normalized spacial score (nSPS) is 15.9. The molecule has 0 radical (unpaired) electrons. The Morgan fingerprint density at radius 3 is 2.45 bits per heavy atom. The number of rotatable bonds is 11. The van der Waals surface area contributed by atoms with E-state index in [2.05, 4.69) is 33.0 Å². The van der Waals surface area contributed by atoms with Gasteiger partial charge in [-0.3, -0.25) is 4.79 Å². The lowest BCUT2D eigenvalue weighted by Crippen LogP contribution is -2.50. The van der Waals surface area contributed by atoms with Gasteiger partial charge in [0.1, 0.15) is 5.54 Å². The van der Waals surface area contributed by atoms with Gasteiger partial charge >= 0.3 is 5.97 Å². The molecule has 0 aromatic rings. The summed E-state index contributed by atoms with van der Waals surface area (Å²) in [5.41, 5.74) is -0.534. The van der Waals surface area contributed by atoms with Gasteiger partial charge in [-0.25, -0.2) is 0 Å². The van der Waals surface area contributed by atoms with Crippen LogP contribution in [0.4, 0.5) is 0 Å². The monoisotopic (exact) mass is 303 g/mol. The van der Waals surface area contributed by atoms with Crippen LogP contribution in [0, 0.1) is 5.92 Å². The van der Waals surface area contributed by atoms with E-state index in [9.17, 15) is 4.79 Å². The second kappa shape index (κ2) is 10.5. The van der Waals surface area contributed by atoms with Gasteiger partial charge < -0.3 is 10.1 Å². The second-order valence-electron chi connectivity index (χ2n) is 5.90. The van der Waals surface area contributed by atoms with Crippen molar-refractivity contribution in [2.75, 3.05) is 18.9 Å². The zero-order valence-corrected chi connectivity index (χ0v) is 14.9. The molecule has 4 heteroatoms. The Morgan fingerprint density at radius 2 is 1.95 bits per heavy atom. The molecule has 0 aliphatic carbocycles. The van der Waals surface area contributed by atoms with E-state index in [4.69, 9.17) is 4.74 Å². The predicted molar refractivity (Wildman–Crippen MR) is 89.3 cm³/mol. The number of ether oxygens (including phenoxy) is 1. The van der Waals surface area contributed by atoms with Crippen molar-refractivity contribution < 1.29 is 9.53 Å².